The minimum absolute atomic E-state index is 0.00377. The molecule has 0 unspecified atom stereocenters. The van der Waals surface area contributed by atoms with Crippen LogP contribution in [0.5, 0.6) is 0 Å². The van der Waals surface area contributed by atoms with Gasteiger partial charge in [-0.05, 0) is 24.7 Å². The van der Waals surface area contributed by atoms with Gasteiger partial charge >= 0.3 is 5.97 Å². The molecule has 0 radical (unpaired) electrons. The van der Waals surface area contributed by atoms with E-state index in [0.717, 1.165) is 18.8 Å². The molecule has 0 aliphatic rings. The van der Waals surface area contributed by atoms with E-state index in [4.69, 9.17) is 4.74 Å². The molecule has 0 saturated carbocycles. The van der Waals surface area contributed by atoms with Gasteiger partial charge in [0.15, 0.2) is 0 Å². The third-order valence-electron chi connectivity index (χ3n) is 5.51. The summed E-state index contributed by atoms with van der Waals surface area (Å²) in [5.41, 5.74) is 0. The molecular formula is C24H48O2. The molecule has 26 heavy (non-hydrogen) atoms. The molecule has 0 aliphatic carbocycles. The Morgan fingerprint density at radius 1 is 0.692 bits per heavy atom. The maximum Gasteiger partial charge on any atom is 0.305 e. The van der Waals surface area contributed by atoms with E-state index in [-0.39, 0.29) is 5.97 Å². The Balaban J connectivity index is 3.28. The van der Waals surface area contributed by atoms with Crippen LogP contribution in [0.2, 0.25) is 0 Å². The Hall–Kier alpha value is -0.530. The molecule has 0 aromatic heterocycles. The predicted molar refractivity (Wildman–Crippen MR) is 115 cm³/mol. The molecule has 0 fully saturated rings. The quantitative estimate of drug-likeness (QED) is 0.170. The van der Waals surface area contributed by atoms with Crippen molar-refractivity contribution in [3.63, 3.8) is 0 Å². The predicted octanol–water partition coefficient (Wildman–Crippen LogP) is 8.08. The van der Waals surface area contributed by atoms with Gasteiger partial charge in [-0.25, -0.2) is 0 Å². The molecule has 0 aliphatic heterocycles. The summed E-state index contributed by atoms with van der Waals surface area (Å²) >= 11 is 0. The van der Waals surface area contributed by atoms with Gasteiger partial charge in [-0.1, -0.05) is 111 Å². The molecule has 0 aromatic carbocycles. The van der Waals surface area contributed by atoms with Crippen molar-refractivity contribution >= 4 is 5.97 Å². The number of hydrogen-bond acceptors (Lipinski definition) is 2. The van der Waals surface area contributed by atoms with E-state index in [2.05, 4.69) is 27.7 Å². The summed E-state index contributed by atoms with van der Waals surface area (Å²) < 4.78 is 5.42. The molecule has 2 heteroatoms. The van der Waals surface area contributed by atoms with Gasteiger partial charge in [0.25, 0.3) is 0 Å². The van der Waals surface area contributed by atoms with Crippen molar-refractivity contribution in [2.45, 2.75) is 130 Å². The minimum atomic E-state index is 0.00377. The second-order valence-corrected chi connectivity index (χ2v) is 8.53. The van der Waals surface area contributed by atoms with Gasteiger partial charge in [-0.3, -0.25) is 4.79 Å². The molecule has 156 valence electrons. The first-order valence-corrected chi connectivity index (χ1v) is 11.8. The number of carbonyl (C=O) groups excluding carboxylic acids is 1. The van der Waals surface area contributed by atoms with Crippen molar-refractivity contribution in [2.75, 3.05) is 6.61 Å². The van der Waals surface area contributed by atoms with Crippen LogP contribution in [0.1, 0.15) is 130 Å². The number of rotatable bonds is 19. The van der Waals surface area contributed by atoms with Crippen molar-refractivity contribution < 1.29 is 9.53 Å². The molecule has 2 atom stereocenters. The lowest BCUT2D eigenvalue weighted by Gasteiger charge is -2.15. The summed E-state index contributed by atoms with van der Waals surface area (Å²) in [5.74, 6) is 1.22. The SMILES string of the molecule is CCCCCCCCCCCCCCCC(=O)OC[C@@H](C)C[C@@H](C)CC. The fraction of sp³-hybridized carbons (Fsp3) is 0.958. The minimum Gasteiger partial charge on any atom is -0.465 e. The van der Waals surface area contributed by atoms with Crippen molar-refractivity contribution in [1.82, 2.24) is 0 Å². The maximum absolute atomic E-state index is 11.8. The Labute approximate surface area is 164 Å². The van der Waals surface area contributed by atoms with Crippen LogP contribution in [0.15, 0.2) is 0 Å². The lowest BCUT2D eigenvalue weighted by atomic mass is 9.96. The van der Waals surface area contributed by atoms with Crippen molar-refractivity contribution in [1.29, 1.82) is 0 Å². The lowest BCUT2D eigenvalue weighted by Crippen LogP contribution is -2.14. The fourth-order valence-electron chi connectivity index (χ4n) is 3.52. The molecule has 0 heterocycles. The number of esters is 1. The third kappa shape index (κ3) is 18.3. The summed E-state index contributed by atoms with van der Waals surface area (Å²) in [6, 6.07) is 0. The number of hydrogen-bond donors (Lipinski definition) is 0. The first-order chi connectivity index (χ1) is 12.6. The van der Waals surface area contributed by atoms with Crippen LogP contribution in [-0.2, 0) is 9.53 Å². The van der Waals surface area contributed by atoms with Gasteiger partial charge in [0.1, 0.15) is 0 Å². The molecule has 0 rings (SSSR count). The van der Waals surface area contributed by atoms with E-state index >= 15 is 0 Å². The Bertz CT molecular complexity index is 301. The monoisotopic (exact) mass is 368 g/mol. The smallest absolute Gasteiger partial charge is 0.305 e. The van der Waals surface area contributed by atoms with E-state index in [1.54, 1.807) is 0 Å². The van der Waals surface area contributed by atoms with Crippen LogP contribution in [0.4, 0.5) is 0 Å². The van der Waals surface area contributed by atoms with Gasteiger partial charge in [0, 0.05) is 6.42 Å². The highest BCUT2D eigenvalue weighted by Gasteiger charge is 2.10. The Morgan fingerprint density at radius 3 is 1.62 bits per heavy atom. The molecule has 0 saturated heterocycles. The third-order valence-corrected chi connectivity index (χ3v) is 5.51. The van der Waals surface area contributed by atoms with E-state index in [0.29, 0.717) is 18.9 Å². The second kappa shape index (κ2) is 19.2. The highest BCUT2D eigenvalue weighted by molar-refractivity contribution is 5.69. The largest absolute Gasteiger partial charge is 0.465 e. The molecule has 0 N–H and O–H groups in total. The summed E-state index contributed by atoms with van der Waals surface area (Å²) in [6.45, 7) is 9.55. The van der Waals surface area contributed by atoms with Gasteiger partial charge in [0.2, 0.25) is 0 Å². The molecule has 0 aromatic rings. The van der Waals surface area contributed by atoms with E-state index in [1.807, 2.05) is 0 Å². The van der Waals surface area contributed by atoms with E-state index in [9.17, 15) is 4.79 Å². The highest BCUT2D eigenvalue weighted by atomic mass is 16.5. The first kappa shape index (κ1) is 25.5. The zero-order valence-electron chi connectivity index (χ0n) is 18.5. The normalized spacial score (nSPS) is 13.5. The summed E-state index contributed by atoms with van der Waals surface area (Å²) in [5, 5.41) is 0. The van der Waals surface area contributed by atoms with Crippen LogP contribution in [0.3, 0.4) is 0 Å². The zero-order chi connectivity index (χ0) is 19.5. The maximum atomic E-state index is 11.8. The Morgan fingerprint density at radius 2 is 1.15 bits per heavy atom. The number of ether oxygens (including phenoxy) is 1. The van der Waals surface area contributed by atoms with E-state index in [1.165, 1.54) is 83.5 Å². The standard InChI is InChI=1S/C24H48O2/c1-5-7-8-9-10-11-12-13-14-15-16-17-18-19-24(25)26-21-23(4)20-22(3)6-2/h22-23H,5-21H2,1-4H3/t22-,23-/m0/s1. The van der Waals surface area contributed by atoms with Gasteiger partial charge in [-0.15, -0.1) is 0 Å². The lowest BCUT2D eigenvalue weighted by molar-refractivity contribution is -0.145. The molecule has 0 amide bonds. The summed E-state index contributed by atoms with van der Waals surface area (Å²) in [7, 11) is 0. The fourth-order valence-corrected chi connectivity index (χ4v) is 3.52. The molecule has 2 nitrogen and oxygen atoms in total. The summed E-state index contributed by atoms with van der Waals surface area (Å²) in [4.78, 5) is 11.8. The van der Waals surface area contributed by atoms with E-state index < -0.39 is 0 Å². The average Bonchev–Trinajstić information content (AvgIpc) is 2.63. The number of carbonyl (C=O) groups is 1. The van der Waals surface area contributed by atoms with Crippen LogP contribution < -0.4 is 0 Å². The second-order valence-electron chi connectivity index (χ2n) is 8.53. The summed E-state index contributed by atoms with van der Waals surface area (Å²) in [6.07, 6.45) is 20.4. The van der Waals surface area contributed by atoms with Crippen molar-refractivity contribution in [2.24, 2.45) is 11.8 Å². The van der Waals surface area contributed by atoms with Gasteiger partial charge in [-0.2, -0.15) is 0 Å². The van der Waals surface area contributed by atoms with Crippen molar-refractivity contribution in [3.05, 3.63) is 0 Å². The van der Waals surface area contributed by atoms with Crippen LogP contribution >= 0.6 is 0 Å². The van der Waals surface area contributed by atoms with Crippen LogP contribution in [-0.4, -0.2) is 12.6 Å². The molecular weight excluding hydrogens is 320 g/mol. The zero-order valence-corrected chi connectivity index (χ0v) is 18.5. The van der Waals surface area contributed by atoms with Crippen molar-refractivity contribution in [3.8, 4) is 0 Å². The van der Waals surface area contributed by atoms with Gasteiger partial charge < -0.3 is 4.74 Å². The average molecular weight is 369 g/mol. The van der Waals surface area contributed by atoms with Crippen LogP contribution in [0, 0.1) is 11.8 Å². The number of unbranched alkanes of at least 4 members (excludes halogenated alkanes) is 12. The molecule has 0 bridgehead atoms. The topological polar surface area (TPSA) is 26.3 Å². The molecule has 0 spiro atoms. The van der Waals surface area contributed by atoms with Crippen LogP contribution in [0.25, 0.3) is 0 Å². The highest BCUT2D eigenvalue weighted by Crippen LogP contribution is 2.16. The van der Waals surface area contributed by atoms with Gasteiger partial charge in [0.05, 0.1) is 6.61 Å². The first-order valence-electron chi connectivity index (χ1n) is 11.8. The Kier molecular flexibility index (Phi) is 18.8.